The Balaban J connectivity index is 2.25. The maximum atomic E-state index is 6.12. The minimum atomic E-state index is 0.112. The number of halogens is 1. The van der Waals surface area contributed by atoms with Gasteiger partial charge in [0, 0.05) is 29.4 Å². The highest BCUT2D eigenvalue weighted by Crippen LogP contribution is 2.34. The van der Waals surface area contributed by atoms with Crippen LogP contribution in [0.5, 0.6) is 0 Å². The fourth-order valence-corrected chi connectivity index (χ4v) is 2.43. The highest BCUT2D eigenvalue weighted by molar-refractivity contribution is 6.29. The van der Waals surface area contributed by atoms with Crippen molar-refractivity contribution in [3.63, 3.8) is 0 Å². The van der Waals surface area contributed by atoms with Crippen molar-refractivity contribution >= 4 is 11.6 Å². The average molecular weight is 279 g/mol. The van der Waals surface area contributed by atoms with Gasteiger partial charge < -0.3 is 9.73 Å². The largest absolute Gasteiger partial charge is 0.453 e. The Bertz CT molecular complexity index is 498. The molecule has 0 aliphatic carbocycles. The molecule has 0 aliphatic heterocycles. The highest BCUT2D eigenvalue weighted by atomic mass is 35.5. The van der Waals surface area contributed by atoms with Gasteiger partial charge in [-0.25, -0.2) is 0 Å². The van der Waals surface area contributed by atoms with Gasteiger partial charge in [-0.05, 0) is 42.8 Å². The van der Waals surface area contributed by atoms with Crippen LogP contribution in [0.15, 0.2) is 41.1 Å². The Morgan fingerprint density at radius 3 is 2.79 bits per heavy atom. The standard InChI is InChI=1S/C15H19ClN2O/c1-3-8-18-14(12-7-10-19-15(12)16)11(2)13-6-4-5-9-17-13/h4-7,9-11,14,18H,3,8H2,1-2H3. The predicted octanol–water partition coefficient (Wildman–Crippen LogP) is 4.17. The molecule has 2 aromatic heterocycles. The van der Waals surface area contributed by atoms with Gasteiger partial charge in [-0.15, -0.1) is 0 Å². The molecule has 0 spiro atoms. The molecule has 0 aliphatic rings. The number of nitrogens with zero attached hydrogens (tertiary/aromatic N) is 1. The molecule has 0 aromatic carbocycles. The molecule has 0 bridgehead atoms. The summed E-state index contributed by atoms with van der Waals surface area (Å²) in [7, 11) is 0. The maximum Gasteiger partial charge on any atom is 0.197 e. The Kier molecular flexibility index (Phi) is 5.00. The number of hydrogen-bond acceptors (Lipinski definition) is 3. The minimum absolute atomic E-state index is 0.112. The fourth-order valence-electron chi connectivity index (χ4n) is 2.20. The molecule has 4 heteroatoms. The van der Waals surface area contributed by atoms with Crippen LogP contribution in [0, 0.1) is 0 Å². The average Bonchev–Trinajstić information content (AvgIpc) is 2.86. The van der Waals surface area contributed by atoms with E-state index in [4.69, 9.17) is 16.0 Å². The Labute approximate surface area is 119 Å². The van der Waals surface area contributed by atoms with Gasteiger partial charge >= 0.3 is 0 Å². The first-order chi connectivity index (χ1) is 9.24. The highest BCUT2D eigenvalue weighted by Gasteiger charge is 2.24. The lowest BCUT2D eigenvalue weighted by atomic mass is 9.93. The third kappa shape index (κ3) is 3.37. The van der Waals surface area contributed by atoms with E-state index < -0.39 is 0 Å². The lowest BCUT2D eigenvalue weighted by molar-refractivity contribution is 0.453. The number of aromatic nitrogens is 1. The summed E-state index contributed by atoms with van der Waals surface area (Å²) >= 11 is 6.12. The third-order valence-corrected chi connectivity index (χ3v) is 3.56. The van der Waals surface area contributed by atoms with E-state index in [0.717, 1.165) is 24.2 Å². The van der Waals surface area contributed by atoms with Crippen LogP contribution in [0.25, 0.3) is 0 Å². The Hall–Kier alpha value is -1.32. The molecule has 0 saturated carbocycles. The van der Waals surface area contributed by atoms with Gasteiger partial charge in [-0.2, -0.15) is 0 Å². The molecule has 3 nitrogen and oxygen atoms in total. The van der Waals surface area contributed by atoms with Crippen LogP contribution >= 0.6 is 11.6 Å². The van der Waals surface area contributed by atoms with Crippen molar-refractivity contribution in [2.45, 2.75) is 32.2 Å². The Morgan fingerprint density at radius 2 is 2.21 bits per heavy atom. The second-order valence-corrected chi connectivity index (χ2v) is 4.97. The van der Waals surface area contributed by atoms with E-state index in [2.05, 4.69) is 24.1 Å². The Morgan fingerprint density at radius 1 is 1.37 bits per heavy atom. The molecule has 0 fully saturated rings. The minimum Gasteiger partial charge on any atom is -0.453 e. The molecule has 0 amide bonds. The molecule has 102 valence electrons. The van der Waals surface area contributed by atoms with Crippen molar-refractivity contribution in [3.8, 4) is 0 Å². The van der Waals surface area contributed by atoms with Gasteiger partial charge in [0.15, 0.2) is 5.22 Å². The molecule has 2 aromatic rings. The number of furan rings is 1. The summed E-state index contributed by atoms with van der Waals surface area (Å²) < 4.78 is 5.22. The molecule has 2 atom stereocenters. The molecule has 2 heterocycles. The summed E-state index contributed by atoms with van der Waals surface area (Å²) in [5.41, 5.74) is 2.04. The molecule has 1 N–H and O–H groups in total. The zero-order valence-corrected chi connectivity index (χ0v) is 12.0. The summed E-state index contributed by atoms with van der Waals surface area (Å²) in [6.07, 6.45) is 4.52. The van der Waals surface area contributed by atoms with E-state index in [1.165, 1.54) is 0 Å². The van der Waals surface area contributed by atoms with Crippen LogP contribution < -0.4 is 5.32 Å². The van der Waals surface area contributed by atoms with Crippen LogP contribution in [0.4, 0.5) is 0 Å². The van der Waals surface area contributed by atoms with Crippen LogP contribution in [-0.4, -0.2) is 11.5 Å². The van der Waals surface area contributed by atoms with E-state index in [1.807, 2.05) is 30.5 Å². The van der Waals surface area contributed by atoms with E-state index in [1.54, 1.807) is 6.26 Å². The first kappa shape index (κ1) is 14.1. The molecule has 19 heavy (non-hydrogen) atoms. The predicted molar refractivity (Wildman–Crippen MR) is 77.4 cm³/mol. The van der Waals surface area contributed by atoms with Crippen LogP contribution in [-0.2, 0) is 0 Å². The van der Waals surface area contributed by atoms with Gasteiger partial charge in [0.05, 0.1) is 6.26 Å². The van der Waals surface area contributed by atoms with Crippen molar-refractivity contribution in [2.75, 3.05) is 6.54 Å². The summed E-state index contributed by atoms with van der Waals surface area (Å²) in [4.78, 5) is 4.43. The van der Waals surface area contributed by atoms with E-state index in [-0.39, 0.29) is 12.0 Å². The smallest absolute Gasteiger partial charge is 0.197 e. The first-order valence-corrected chi connectivity index (χ1v) is 6.99. The van der Waals surface area contributed by atoms with Crippen molar-refractivity contribution in [3.05, 3.63) is 53.2 Å². The summed E-state index contributed by atoms with van der Waals surface area (Å²) in [5, 5.41) is 3.98. The molecule has 0 radical (unpaired) electrons. The van der Waals surface area contributed by atoms with Crippen LogP contribution in [0.3, 0.4) is 0 Å². The van der Waals surface area contributed by atoms with Crippen LogP contribution in [0.2, 0.25) is 5.22 Å². The van der Waals surface area contributed by atoms with E-state index in [9.17, 15) is 0 Å². The SMILES string of the molecule is CCCNC(c1ccoc1Cl)C(C)c1ccccn1. The zero-order valence-electron chi connectivity index (χ0n) is 11.3. The fraction of sp³-hybridized carbons (Fsp3) is 0.400. The number of hydrogen-bond donors (Lipinski definition) is 1. The summed E-state index contributed by atoms with van der Waals surface area (Å²) in [6.45, 7) is 5.23. The van der Waals surface area contributed by atoms with Crippen molar-refractivity contribution < 1.29 is 4.42 Å². The number of rotatable bonds is 6. The van der Waals surface area contributed by atoms with Crippen molar-refractivity contribution in [1.82, 2.24) is 10.3 Å². The monoisotopic (exact) mass is 278 g/mol. The molecular formula is C15H19ClN2O. The van der Waals surface area contributed by atoms with Crippen molar-refractivity contribution in [1.29, 1.82) is 0 Å². The molecular weight excluding hydrogens is 260 g/mol. The molecule has 0 saturated heterocycles. The number of nitrogens with one attached hydrogen (secondary N) is 1. The first-order valence-electron chi connectivity index (χ1n) is 6.61. The van der Waals surface area contributed by atoms with Gasteiger partial charge in [0.2, 0.25) is 0 Å². The van der Waals surface area contributed by atoms with E-state index >= 15 is 0 Å². The normalized spacial score (nSPS) is 14.3. The van der Waals surface area contributed by atoms with E-state index in [0.29, 0.717) is 5.22 Å². The maximum absolute atomic E-state index is 6.12. The van der Waals surface area contributed by atoms with Crippen LogP contribution in [0.1, 0.15) is 43.5 Å². The lowest BCUT2D eigenvalue weighted by Gasteiger charge is -2.24. The van der Waals surface area contributed by atoms with Gasteiger partial charge in [-0.3, -0.25) is 4.98 Å². The summed E-state index contributed by atoms with van der Waals surface area (Å²) in [6, 6.07) is 8.01. The molecule has 2 rings (SSSR count). The van der Waals surface area contributed by atoms with Gasteiger partial charge in [0.25, 0.3) is 0 Å². The topological polar surface area (TPSA) is 38.1 Å². The lowest BCUT2D eigenvalue weighted by Crippen LogP contribution is -2.27. The van der Waals surface area contributed by atoms with Crippen molar-refractivity contribution in [2.24, 2.45) is 0 Å². The number of pyridine rings is 1. The van der Waals surface area contributed by atoms with Gasteiger partial charge in [-0.1, -0.05) is 19.9 Å². The van der Waals surface area contributed by atoms with Gasteiger partial charge in [0.1, 0.15) is 0 Å². The molecule has 2 unspecified atom stereocenters. The quantitative estimate of drug-likeness (QED) is 0.862. The zero-order chi connectivity index (χ0) is 13.7. The third-order valence-electron chi connectivity index (χ3n) is 3.25. The second-order valence-electron chi connectivity index (χ2n) is 4.62. The second kappa shape index (κ2) is 6.73. The summed E-state index contributed by atoms with van der Waals surface area (Å²) in [5.74, 6) is 0.225.